The van der Waals surface area contributed by atoms with Gasteiger partial charge in [-0.15, -0.1) is 0 Å². The third kappa shape index (κ3) is 4.97. The molecule has 0 spiro atoms. The number of piperazine rings is 1. The number of halogens is 1. The predicted molar refractivity (Wildman–Crippen MR) is 111 cm³/mol. The van der Waals surface area contributed by atoms with Gasteiger partial charge in [0, 0.05) is 38.3 Å². The van der Waals surface area contributed by atoms with E-state index in [4.69, 9.17) is 21.1 Å². The molecule has 0 aromatic heterocycles. The summed E-state index contributed by atoms with van der Waals surface area (Å²) < 4.78 is 11.1. The Morgan fingerprint density at radius 3 is 2.46 bits per heavy atom. The van der Waals surface area contributed by atoms with Gasteiger partial charge in [-0.25, -0.2) is 0 Å². The number of carbonyl (C=O) groups excluding carboxylic acids is 1. The van der Waals surface area contributed by atoms with Crippen molar-refractivity contribution in [2.75, 3.05) is 39.9 Å². The molecule has 2 aromatic carbocycles. The maximum absolute atomic E-state index is 13.0. The standard InChI is InChI=1S/C22H27ClN2O3/c1-3-13-28-21-19(23)14-18(15-20(21)27-2)22(26)25-11-9-24(10-12-25)16-17-7-5-4-6-8-17/h4-8,14-15H,3,9-13,16H2,1-2H3. The van der Waals surface area contributed by atoms with Gasteiger partial charge in [0.25, 0.3) is 5.91 Å². The first-order valence-corrected chi connectivity index (χ1v) is 10.1. The molecule has 1 saturated heterocycles. The molecule has 3 rings (SSSR count). The number of ether oxygens (including phenoxy) is 2. The van der Waals surface area contributed by atoms with Crippen LogP contribution < -0.4 is 9.47 Å². The Morgan fingerprint density at radius 1 is 1.11 bits per heavy atom. The Morgan fingerprint density at radius 2 is 1.82 bits per heavy atom. The summed E-state index contributed by atoms with van der Waals surface area (Å²) >= 11 is 6.36. The molecule has 1 aliphatic heterocycles. The van der Waals surface area contributed by atoms with Gasteiger partial charge in [-0.1, -0.05) is 48.9 Å². The summed E-state index contributed by atoms with van der Waals surface area (Å²) in [6.45, 7) is 6.57. The lowest BCUT2D eigenvalue weighted by Gasteiger charge is -2.35. The van der Waals surface area contributed by atoms with Gasteiger partial charge in [0.1, 0.15) is 0 Å². The van der Waals surface area contributed by atoms with E-state index >= 15 is 0 Å². The third-order valence-corrected chi connectivity index (χ3v) is 5.12. The van der Waals surface area contributed by atoms with Crippen LogP contribution in [0.2, 0.25) is 5.02 Å². The number of amides is 1. The first kappa shape index (κ1) is 20.5. The number of hydrogen-bond donors (Lipinski definition) is 0. The minimum atomic E-state index is -0.0263. The van der Waals surface area contributed by atoms with E-state index in [1.807, 2.05) is 17.9 Å². The molecule has 1 amide bonds. The van der Waals surface area contributed by atoms with E-state index in [0.717, 1.165) is 26.1 Å². The fourth-order valence-corrected chi connectivity index (χ4v) is 3.59. The molecule has 5 nitrogen and oxygen atoms in total. The highest BCUT2D eigenvalue weighted by molar-refractivity contribution is 6.32. The molecular formula is C22H27ClN2O3. The summed E-state index contributed by atoms with van der Waals surface area (Å²) in [5.74, 6) is 0.962. The van der Waals surface area contributed by atoms with Crippen LogP contribution in [-0.4, -0.2) is 55.6 Å². The van der Waals surface area contributed by atoms with Crippen molar-refractivity contribution in [2.45, 2.75) is 19.9 Å². The molecule has 2 aromatic rings. The highest BCUT2D eigenvalue weighted by Crippen LogP contribution is 2.37. The number of carbonyl (C=O) groups is 1. The fraction of sp³-hybridized carbons (Fsp3) is 0.409. The van der Waals surface area contributed by atoms with Gasteiger partial charge in [0.05, 0.1) is 18.7 Å². The second-order valence-electron chi connectivity index (χ2n) is 6.89. The van der Waals surface area contributed by atoms with Crippen LogP contribution in [0.15, 0.2) is 42.5 Å². The monoisotopic (exact) mass is 402 g/mol. The number of hydrogen-bond acceptors (Lipinski definition) is 4. The Hall–Kier alpha value is -2.24. The summed E-state index contributed by atoms with van der Waals surface area (Å²) in [6.07, 6.45) is 0.868. The van der Waals surface area contributed by atoms with Gasteiger partial charge in [-0.05, 0) is 24.1 Å². The van der Waals surface area contributed by atoms with Gasteiger partial charge in [0.15, 0.2) is 11.5 Å². The minimum Gasteiger partial charge on any atom is -0.493 e. The molecule has 0 unspecified atom stereocenters. The van der Waals surface area contributed by atoms with E-state index in [1.54, 1.807) is 19.2 Å². The molecule has 0 aliphatic carbocycles. The molecular weight excluding hydrogens is 376 g/mol. The van der Waals surface area contributed by atoms with Gasteiger partial charge in [0.2, 0.25) is 0 Å². The average molecular weight is 403 g/mol. The molecule has 0 radical (unpaired) electrons. The Balaban J connectivity index is 1.64. The lowest BCUT2D eigenvalue weighted by Crippen LogP contribution is -2.48. The van der Waals surface area contributed by atoms with Crippen LogP contribution in [0.25, 0.3) is 0 Å². The molecule has 0 bridgehead atoms. The first-order valence-electron chi connectivity index (χ1n) is 9.68. The molecule has 1 aliphatic rings. The molecule has 0 N–H and O–H groups in total. The minimum absolute atomic E-state index is 0.0263. The van der Waals surface area contributed by atoms with Crippen molar-refractivity contribution in [3.8, 4) is 11.5 Å². The molecule has 150 valence electrons. The second-order valence-corrected chi connectivity index (χ2v) is 7.30. The van der Waals surface area contributed by atoms with Crippen molar-refractivity contribution in [3.05, 3.63) is 58.6 Å². The topological polar surface area (TPSA) is 42.0 Å². The zero-order chi connectivity index (χ0) is 19.9. The van der Waals surface area contributed by atoms with E-state index in [-0.39, 0.29) is 5.91 Å². The lowest BCUT2D eigenvalue weighted by molar-refractivity contribution is 0.0628. The van der Waals surface area contributed by atoms with Gasteiger partial charge >= 0.3 is 0 Å². The smallest absolute Gasteiger partial charge is 0.254 e. The lowest BCUT2D eigenvalue weighted by atomic mass is 10.1. The van der Waals surface area contributed by atoms with E-state index in [1.165, 1.54) is 5.56 Å². The van der Waals surface area contributed by atoms with Crippen LogP contribution in [0.1, 0.15) is 29.3 Å². The Labute approximate surface area is 171 Å². The average Bonchev–Trinajstić information content (AvgIpc) is 2.73. The first-order chi connectivity index (χ1) is 13.6. The van der Waals surface area contributed by atoms with E-state index < -0.39 is 0 Å². The molecule has 6 heteroatoms. The van der Waals surface area contributed by atoms with E-state index in [2.05, 4.69) is 29.2 Å². The highest BCUT2D eigenvalue weighted by Gasteiger charge is 2.24. The van der Waals surface area contributed by atoms with E-state index in [9.17, 15) is 4.79 Å². The molecule has 0 atom stereocenters. The van der Waals surface area contributed by atoms with Crippen LogP contribution in [0.5, 0.6) is 11.5 Å². The van der Waals surface area contributed by atoms with Crippen molar-refractivity contribution >= 4 is 17.5 Å². The summed E-state index contributed by atoms with van der Waals surface area (Å²) in [5.41, 5.74) is 1.82. The van der Waals surface area contributed by atoms with Gasteiger partial charge < -0.3 is 14.4 Å². The Bertz CT molecular complexity index is 790. The van der Waals surface area contributed by atoms with Gasteiger partial charge in [-0.3, -0.25) is 9.69 Å². The number of nitrogens with zero attached hydrogens (tertiary/aromatic N) is 2. The van der Waals surface area contributed by atoms with Crippen molar-refractivity contribution in [1.29, 1.82) is 0 Å². The van der Waals surface area contributed by atoms with Crippen LogP contribution in [0.4, 0.5) is 0 Å². The predicted octanol–water partition coefficient (Wildman–Crippen LogP) is 4.10. The second kappa shape index (κ2) is 9.80. The quantitative estimate of drug-likeness (QED) is 0.699. The van der Waals surface area contributed by atoms with Crippen LogP contribution in [0.3, 0.4) is 0 Å². The van der Waals surface area contributed by atoms with Crippen molar-refractivity contribution in [2.24, 2.45) is 0 Å². The van der Waals surface area contributed by atoms with Crippen LogP contribution in [0, 0.1) is 0 Å². The number of rotatable bonds is 7. The third-order valence-electron chi connectivity index (χ3n) is 4.84. The zero-order valence-electron chi connectivity index (χ0n) is 16.5. The number of benzene rings is 2. The van der Waals surface area contributed by atoms with Crippen LogP contribution >= 0.6 is 11.6 Å². The summed E-state index contributed by atoms with van der Waals surface area (Å²) in [7, 11) is 1.56. The van der Waals surface area contributed by atoms with E-state index in [0.29, 0.717) is 41.8 Å². The Kier molecular flexibility index (Phi) is 7.18. The van der Waals surface area contributed by atoms with Crippen molar-refractivity contribution < 1.29 is 14.3 Å². The molecule has 1 fully saturated rings. The largest absolute Gasteiger partial charge is 0.493 e. The summed E-state index contributed by atoms with van der Waals surface area (Å²) in [4.78, 5) is 17.2. The van der Waals surface area contributed by atoms with Crippen LogP contribution in [-0.2, 0) is 6.54 Å². The SMILES string of the molecule is CCCOc1c(Cl)cc(C(=O)N2CCN(Cc3ccccc3)CC2)cc1OC. The molecule has 28 heavy (non-hydrogen) atoms. The summed E-state index contributed by atoms with van der Waals surface area (Å²) in [6, 6.07) is 13.8. The normalized spacial score (nSPS) is 14.8. The maximum atomic E-state index is 13.0. The maximum Gasteiger partial charge on any atom is 0.254 e. The number of methoxy groups -OCH3 is 1. The zero-order valence-corrected chi connectivity index (χ0v) is 17.2. The molecule has 0 saturated carbocycles. The van der Waals surface area contributed by atoms with Gasteiger partial charge in [-0.2, -0.15) is 0 Å². The fourth-order valence-electron chi connectivity index (χ4n) is 3.32. The summed E-state index contributed by atoms with van der Waals surface area (Å²) in [5, 5.41) is 0.402. The van der Waals surface area contributed by atoms with Crippen molar-refractivity contribution in [1.82, 2.24) is 9.80 Å². The highest BCUT2D eigenvalue weighted by atomic mass is 35.5. The van der Waals surface area contributed by atoms with Crippen molar-refractivity contribution in [3.63, 3.8) is 0 Å². The molecule has 1 heterocycles.